The molecule has 0 radical (unpaired) electrons. The Balaban J connectivity index is 1.20. The lowest BCUT2D eigenvalue weighted by Crippen LogP contribution is -2.18. The number of rotatable bonds is 6. The van der Waals surface area contributed by atoms with E-state index in [1.807, 2.05) is 0 Å². The van der Waals surface area contributed by atoms with Gasteiger partial charge in [-0.3, -0.25) is 0 Å². The molecule has 1 heteroatoms. The Morgan fingerprint density at radius 1 is 0.554 bits per heavy atom. The first kappa shape index (κ1) is 33.8. The van der Waals surface area contributed by atoms with E-state index in [1.165, 1.54) is 88.3 Å². The number of allylic oxidation sites excluding steroid dienone is 1. The Morgan fingerprint density at radius 2 is 1.25 bits per heavy atom. The van der Waals surface area contributed by atoms with Crippen LogP contribution in [-0.4, -0.2) is 4.57 Å². The van der Waals surface area contributed by atoms with Gasteiger partial charge in [-0.05, 0) is 110 Å². The largest absolute Gasteiger partial charge is 0.312 e. The van der Waals surface area contributed by atoms with Gasteiger partial charge >= 0.3 is 0 Å². The Hall–Kier alpha value is -6.70. The summed E-state index contributed by atoms with van der Waals surface area (Å²) < 4.78 is 2.58. The van der Waals surface area contributed by atoms with Crippen LogP contribution in [-0.2, 0) is 0 Å². The first-order chi connectivity index (χ1) is 27.5. The summed E-state index contributed by atoms with van der Waals surface area (Å²) in [5, 5.41) is 6.25. The zero-order valence-corrected chi connectivity index (χ0v) is 32.1. The van der Waals surface area contributed by atoms with Crippen LogP contribution in [0.15, 0.2) is 189 Å². The topological polar surface area (TPSA) is 4.93 Å². The van der Waals surface area contributed by atoms with Crippen LogP contribution >= 0.6 is 0 Å². The van der Waals surface area contributed by atoms with Crippen molar-refractivity contribution in [1.82, 2.24) is 4.57 Å². The maximum Gasteiger partial charge on any atom is 0.0538 e. The van der Waals surface area contributed by atoms with E-state index in [9.17, 15) is 0 Å². The summed E-state index contributed by atoms with van der Waals surface area (Å²) in [4.78, 5) is 0. The van der Waals surface area contributed by atoms with Crippen LogP contribution in [0.3, 0.4) is 0 Å². The van der Waals surface area contributed by atoms with Crippen LogP contribution < -0.4 is 0 Å². The molecule has 1 heterocycles. The number of aryl methyl sites for hydroxylation is 2. The van der Waals surface area contributed by atoms with Crippen molar-refractivity contribution in [2.75, 3.05) is 0 Å². The molecule has 10 rings (SSSR count). The number of nitrogens with zero attached hydrogens (tertiary/aromatic N) is 1. The van der Waals surface area contributed by atoms with Gasteiger partial charge in [-0.25, -0.2) is 0 Å². The molecule has 2 unspecified atom stereocenters. The summed E-state index contributed by atoms with van der Waals surface area (Å²) >= 11 is 0. The van der Waals surface area contributed by atoms with Crippen LogP contribution in [0.5, 0.6) is 0 Å². The van der Waals surface area contributed by atoms with E-state index < -0.39 is 0 Å². The SMILES string of the molecule is C=C(c1ccc2ccccc2c1)c1ccccc1-c1cc(C2=CC(c3ccccc3C)C(C)c3c2c2ccccc2n3-c2cccc3ccccc23)ccc1C. The highest BCUT2D eigenvalue weighted by Crippen LogP contribution is 2.51. The van der Waals surface area contributed by atoms with Gasteiger partial charge in [-0.1, -0.05) is 171 Å². The molecule has 8 aromatic carbocycles. The first-order valence-corrected chi connectivity index (χ1v) is 19.7. The minimum Gasteiger partial charge on any atom is -0.312 e. The summed E-state index contributed by atoms with van der Waals surface area (Å²) in [5.74, 6) is 0.401. The van der Waals surface area contributed by atoms with E-state index in [4.69, 9.17) is 6.58 Å². The summed E-state index contributed by atoms with van der Waals surface area (Å²) in [7, 11) is 0. The summed E-state index contributed by atoms with van der Waals surface area (Å²) in [6.07, 6.45) is 2.57. The van der Waals surface area contributed by atoms with Gasteiger partial charge in [0.1, 0.15) is 0 Å². The van der Waals surface area contributed by atoms with E-state index in [0.29, 0.717) is 0 Å². The molecule has 0 fully saturated rings. The quantitative estimate of drug-likeness (QED) is 0.161. The van der Waals surface area contributed by atoms with Gasteiger partial charge in [0.15, 0.2) is 0 Å². The van der Waals surface area contributed by atoms with E-state index in [1.54, 1.807) is 0 Å². The number of hydrogen-bond donors (Lipinski definition) is 0. The minimum absolute atomic E-state index is 0.182. The van der Waals surface area contributed by atoms with Crippen molar-refractivity contribution >= 4 is 43.6 Å². The second-order valence-corrected chi connectivity index (χ2v) is 15.5. The maximum atomic E-state index is 4.69. The molecule has 1 nitrogen and oxygen atoms in total. The third kappa shape index (κ3) is 5.46. The van der Waals surface area contributed by atoms with Crippen molar-refractivity contribution in [1.29, 1.82) is 0 Å². The molecule has 2 atom stereocenters. The third-order valence-electron chi connectivity index (χ3n) is 12.2. The molecule has 1 aliphatic carbocycles. The van der Waals surface area contributed by atoms with Crippen molar-refractivity contribution < 1.29 is 0 Å². The highest BCUT2D eigenvalue weighted by molar-refractivity contribution is 6.04. The molecule has 1 aliphatic rings. The predicted molar refractivity (Wildman–Crippen MR) is 239 cm³/mol. The Morgan fingerprint density at radius 3 is 2.11 bits per heavy atom. The maximum absolute atomic E-state index is 4.69. The standard InChI is InChI=1S/C55H43N/c1-35-16-5-9-21-44(35)50-34-51(54-48-25-13-14-26-53(48)56(55(54)38(50)4)52-27-15-20-40-18-8-10-23-46(40)52)43-29-28-36(2)49(33-43)47-24-12-11-22-45(47)37(3)41-31-30-39-17-6-7-19-42(39)32-41/h5-34,38,50H,3H2,1-2,4H3. The van der Waals surface area contributed by atoms with Crippen molar-refractivity contribution in [3.05, 3.63) is 233 Å². The van der Waals surface area contributed by atoms with Crippen LogP contribution in [0.2, 0.25) is 0 Å². The molecular weight excluding hydrogens is 675 g/mol. The smallest absolute Gasteiger partial charge is 0.0538 e. The number of aromatic nitrogens is 1. The number of benzene rings is 8. The van der Waals surface area contributed by atoms with Gasteiger partial charge in [-0.2, -0.15) is 0 Å². The van der Waals surface area contributed by atoms with E-state index in [2.05, 4.69) is 207 Å². The fourth-order valence-corrected chi connectivity index (χ4v) is 9.37. The second kappa shape index (κ2) is 13.6. The lowest BCUT2D eigenvalue weighted by atomic mass is 9.74. The molecular formula is C55H43N. The molecule has 0 saturated carbocycles. The fourth-order valence-electron chi connectivity index (χ4n) is 9.37. The lowest BCUT2D eigenvalue weighted by molar-refractivity contribution is 0.634. The van der Waals surface area contributed by atoms with Crippen molar-refractivity contribution in [3.8, 4) is 16.8 Å². The van der Waals surface area contributed by atoms with Gasteiger partial charge in [-0.15, -0.1) is 0 Å². The van der Waals surface area contributed by atoms with Crippen molar-refractivity contribution in [2.45, 2.75) is 32.6 Å². The van der Waals surface area contributed by atoms with E-state index >= 15 is 0 Å². The average Bonchev–Trinajstić information content (AvgIpc) is 3.59. The first-order valence-electron chi connectivity index (χ1n) is 19.7. The van der Waals surface area contributed by atoms with Crippen molar-refractivity contribution in [2.24, 2.45) is 0 Å². The zero-order chi connectivity index (χ0) is 37.9. The Labute approximate surface area is 329 Å². The number of fused-ring (bicyclic) bond motifs is 5. The highest BCUT2D eigenvalue weighted by Gasteiger charge is 2.35. The molecule has 56 heavy (non-hydrogen) atoms. The van der Waals surface area contributed by atoms with Crippen LogP contribution in [0.4, 0.5) is 0 Å². The molecule has 268 valence electrons. The lowest BCUT2D eigenvalue weighted by Gasteiger charge is -2.32. The molecule has 0 N–H and O–H groups in total. The molecule has 1 aromatic heterocycles. The van der Waals surface area contributed by atoms with Gasteiger partial charge in [0.05, 0.1) is 11.2 Å². The predicted octanol–water partition coefficient (Wildman–Crippen LogP) is 14.6. The minimum atomic E-state index is 0.182. The normalized spacial score (nSPS) is 15.2. The Kier molecular flexibility index (Phi) is 8.19. The molecule has 0 saturated heterocycles. The van der Waals surface area contributed by atoms with Crippen LogP contribution in [0.1, 0.15) is 63.4 Å². The molecule has 0 amide bonds. The third-order valence-corrected chi connectivity index (χ3v) is 12.2. The van der Waals surface area contributed by atoms with Gasteiger partial charge in [0, 0.05) is 33.9 Å². The average molecular weight is 718 g/mol. The van der Waals surface area contributed by atoms with Crippen LogP contribution in [0.25, 0.3) is 60.4 Å². The zero-order valence-electron chi connectivity index (χ0n) is 32.1. The summed E-state index contributed by atoms with van der Waals surface area (Å²) in [6.45, 7) is 11.6. The Bertz CT molecular complexity index is 3040. The number of para-hydroxylation sites is 1. The molecule has 0 spiro atoms. The summed E-state index contributed by atoms with van der Waals surface area (Å²) in [5.41, 5.74) is 17.4. The van der Waals surface area contributed by atoms with Gasteiger partial charge in [0.2, 0.25) is 0 Å². The fraction of sp³-hybridized carbons (Fsp3) is 0.0909. The van der Waals surface area contributed by atoms with Crippen molar-refractivity contribution in [3.63, 3.8) is 0 Å². The molecule has 0 bridgehead atoms. The molecule has 9 aromatic rings. The van der Waals surface area contributed by atoms with Crippen LogP contribution in [0, 0.1) is 13.8 Å². The van der Waals surface area contributed by atoms with E-state index in [0.717, 1.165) is 16.7 Å². The second-order valence-electron chi connectivity index (χ2n) is 15.5. The van der Waals surface area contributed by atoms with E-state index in [-0.39, 0.29) is 11.8 Å². The molecule has 0 aliphatic heterocycles. The van der Waals surface area contributed by atoms with Gasteiger partial charge in [0.25, 0.3) is 0 Å². The summed E-state index contributed by atoms with van der Waals surface area (Å²) in [6, 6.07) is 64.6. The number of hydrogen-bond acceptors (Lipinski definition) is 0. The highest BCUT2D eigenvalue weighted by atomic mass is 15.0. The monoisotopic (exact) mass is 717 g/mol. The van der Waals surface area contributed by atoms with Gasteiger partial charge < -0.3 is 4.57 Å².